The lowest BCUT2D eigenvalue weighted by Crippen LogP contribution is -2.40. The van der Waals surface area contributed by atoms with Gasteiger partial charge in [0.2, 0.25) is 5.95 Å². The topological polar surface area (TPSA) is 69.2 Å². The van der Waals surface area contributed by atoms with E-state index in [2.05, 4.69) is 45.3 Å². The smallest absolute Gasteiger partial charge is 0.232 e. The zero-order chi connectivity index (χ0) is 21.6. The van der Waals surface area contributed by atoms with E-state index in [1.807, 2.05) is 18.3 Å². The highest BCUT2D eigenvalue weighted by molar-refractivity contribution is 7.80. The SMILES string of the molecule is C[C@H]1C[C@H](C)CN(c2cc(N3CCCCC3)nc(NC(=S)NCc3cccnc3)n2)C1. The Bertz CT molecular complexity index is 859. The van der Waals surface area contributed by atoms with Crippen molar-refractivity contribution in [2.45, 2.75) is 46.1 Å². The second-order valence-electron chi connectivity index (χ2n) is 8.98. The molecular formula is C23H33N7S. The standard InChI is InChI=1S/C23H33N7S/c1-17-11-18(2)16-30(15-17)21-12-20(29-9-4-3-5-10-29)26-22(27-21)28-23(31)25-14-19-7-6-8-24-13-19/h6-8,12-13,17-18H,3-5,9-11,14-16H2,1-2H3,(H2,25,26,27,28,31)/t17-,18-/m0/s1. The fourth-order valence-corrected chi connectivity index (χ4v) is 4.77. The first-order valence-electron chi connectivity index (χ1n) is 11.4. The number of pyridine rings is 1. The average molecular weight is 440 g/mol. The van der Waals surface area contributed by atoms with Crippen LogP contribution in [0.2, 0.25) is 0 Å². The molecule has 2 atom stereocenters. The fourth-order valence-electron chi connectivity index (χ4n) is 4.61. The number of aromatic nitrogens is 3. The van der Waals surface area contributed by atoms with Gasteiger partial charge in [0.1, 0.15) is 11.6 Å². The predicted octanol–water partition coefficient (Wildman–Crippen LogP) is 3.83. The first-order chi connectivity index (χ1) is 15.1. The van der Waals surface area contributed by atoms with Crippen molar-refractivity contribution in [1.82, 2.24) is 20.3 Å². The van der Waals surface area contributed by atoms with Crippen LogP contribution in [0.1, 0.15) is 45.1 Å². The molecule has 0 amide bonds. The largest absolute Gasteiger partial charge is 0.358 e. The van der Waals surface area contributed by atoms with Gasteiger partial charge in [-0.15, -0.1) is 0 Å². The van der Waals surface area contributed by atoms with Crippen LogP contribution in [0.3, 0.4) is 0 Å². The normalized spacial score (nSPS) is 21.6. The van der Waals surface area contributed by atoms with Crippen LogP contribution in [0.15, 0.2) is 30.6 Å². The van der Waals surface area contributed by atoms with Crippen LogP contribution in [0.5, 0.6) is 0 Å². The third-order valence-electron chi connectivity index (χ3n) is 5.97. The van der Waals surface area contributed by atoms with Crippen molar-refractivity contribution >= 4 is 34.9 Å². The number of hydrogen-bond donors (Lipinski definition) is 2. The Balaban J connectivity index is 1.51. The third-order valence-corrected chi connectivity index (χ3v) is 6.22. The summed E-state index contributed by atoms with van der Waals surface area (Å²) in [4.78, 5) is 18.6. The molecule has 0 aliphatic carbocycles. The van der Waals surface area contributed by atoms with E-state index < -0.39 is 0 Å². The van der Waals surface area contributed by atoms with Crippen molar-refractivity contribution in [3.63, 3.8) is 0 Å². The van der Waals surface area contributed by atoms with E-state index in [1.54, 1.807) is 6.20 Å². The minimum absolute atomic E-state index is 0.519. The van der Waals surface area contributed by atoms with Crippen LogP contribution in [0.25, 0.3) is 0 Å². The van der Waals surface area contributed by atoms with Gasteiger partial charge in [-0.1, -0.05) is 19.9 Å². The fraction of sp³-hybridized carbons (Fsp3) is 0.565. The Hall–Kier alpha value is -2.48. The molecule has 2 aliphatic heterocycles. The molecule has 2 aromatic heterocycles. The van der Waals surface area contributed by atoms with Crippen molar-refractivity contribution in [1.29, 1.82) is 0 Å². The summed E-state index contributed by atoms with van der Waals surface area (Å²) in [5.74, 6) is 3.87. The Morgan fingerprint density at radius 2 is 1.77 bits per heavy atom. The summed E-state index contributed by atoms with van der Waals surface area (Å²) >= 11 is 5.52. The van der Waals surface area contributed by atoms with Crippen LogP contribution < -0.4 is 20.4 Å². The molecule has 0 aromatic carbocycles. The lowest BCUT2D eigenvalue weighted by atomic mass is 9.92. The van der Waals surface area contributed by atoms with Gasteiger partial charge in [0.25, 0.3) is 0 Å². The Labute approximate surface area is 190 Å². The maximum Gasteiger partial charge on any atom is 0.232 e. The molecule has 2 aliphatic rings. The lowest BCUT2D eigenvalue weighted by molar-refractivity contribution is 0.355. The van der Waals surface area contributed by atoms with Crippen molar-refractivity contribution in [3.8, 4) is 0 Å². The Kier molecular flexibility index (Phi) is 7.17. The van der Waals surface area contributed by atoms with Gasteiger partial charge in [-0.2, -0.15) is 9.97 Å². The number of anilines is 3. The van der Waals surface area contributed by atoms with Crippen LogP contribution in [0.4, 0.5) is 17.6 Å². The van der Waals surface area contributed by atoms with E-state index in [0.717, 1.165) is 43.4 Å². The second kappa shape index (κ2) is 10.2. The summed E-state index contributed by atoms with van der Waals surface area (Å²) in [5, 5.41) is 6.97. The molecule has 0 unspecified atom stereocenters. The van der Waals surface area contributed by atoms with Gasteiger partial charge in [-0.05, 0) is 61.4 Å². The van der Waals surface area contributed by atoms with Crippen LogP contribution in [-0.2, 0) is 6.54 Å². The second-order valence-corrected chi connectivity index (χ2v) is 9.38. The predicted molar refractivity (Wildman–Crippen MR) is 131 cm³/mol. The minimum Gasteiger partial charge on any atom is -0.358 e. The third kappa shape index (κ3) is 6.03. The maximum atomic E-state index is 5.52. The van der Waals surface area contributed by atoms with Crippen LogP contribution in [-0.4, -0.2) is 46.2 Å². The van der Waals surface area contributed by atoms with E-state index in [1.165, 1.54) is 25.7 Å². The molecule has 2 N–H and O–H groups in total. The van der Waals surface area contributed by atoms with Crippen molar-refractivity contribution in [3.05, 3.63) is 36.2 Å². The molecule has 2 saturated heterocycles. The summed E-state index contributed by atoms with van der Waals surface area (Å²) in [6, 6.07) is 6.10. The molecule has 0 spiro atoms. The monoisotopic (exact) mass is 439 g/mol. The maximum absolute atomic E-state index is 5.52. The van der Waals surface area contributed by atoms with Gasteiger partial charge < -0.3 is 20.4 Å². The summed E-state index contributed by atoms with van der Waals surface area (Å²) in [5.41, 5.74) is 1.08. The van der Waals surface area contributed by atoms with Crippen molar-refractivity contribution in [2.24, 2.45) is 11.8 Å². The van der Waals surface area contributed by atoms with E-state index in [9.17, 15) is 0 Å². The minimum atomic E-state index is 0.519. The summed E-state index contributed by atoms with van der Waals surface area (Å²) in [6.45, 7) is 9.42. The molecule has 2 fully saturated rings. The summed E-state index contributed by atoms with van der Waals surface area (Å²) in [7, 11) is 0. The van der Waals surface area contributed by atoms with Gasteiger partial charge in [0, 0.05) is 51.2 Å². The van der Waals surface area contributed by atoms with Gasteiger partial charge in [0.05, 0.1) is 0 Å². The summed E-state index contributed by atoms with van der Waals surface area (Å²) in [6.07, 6.45) is 8.59. The number of hydrogen-bond acceptors (Lipinski definition) is 6. The van der Waals surface area contributed by atoms with Gasteiger partial charge in [-0.3, -0.25) is 4.98 Å². The molecule has 166 valence electrons. The molecule has 31 heavy (non-hydrogen) atoms. The highest BCUT2D eigenvalue weighted by atomic mass is 32.1. The molecule has 4 heterocycles. The number of rotatable bonds is 5. The number of thiocarbonyl (C=S) groups is 1. The lowest BCUT2D eigenvalue weighted by Gasteiger charge is -2.36. The highest BCUT2D eigenvalue weighted by Crippen LogP contribution is 2.29. The average Bonchev–Trinajstić information content (AvgIpc) is 2.78. The van der Waals surface area contributed by atoms with Gasteiger partial charge in [0.15, 0.2) is 5.11 Å². The Morgan fingerprint density at radius 3 is 2.45 bits per heavy atom. The highest BCUT2D eigenvalue weighted by Gasteiger charge is 2.25. The quantitative estimate of drug-likeness (QED) is 0.682. The molecule has 8 heteroatoms. The van der Waals surface area contributed by atoms with Crippen LogP contribution in [0, 0.1) is 11.8 Å². The zero-order valence-electron chi connectivity index (χ0n) is 18.5. The van der Waals surface area contributed by atoms with Crippen molar-refractivity contribution < 1.29 is 0 Å². The molecule has 2 aromatic rings. The number of nitrogens with one attached hydrogen (secondary N) is 2. The molecular weight excluding hydrogens is 406 g/mol. The molecule has 0 bridgehead atoms. The van der Waals surface area contributed by atoms with Gasteiger partial charge in [-0.25, -0.2) is 0 Å². The Morgan fingerprint density at radius 1 is 1.06 bits per heavy atom. The van der Waals surface area contributed by atoms with E-state index in [4.69, 9.17) is 22.2 Å². The van der Waals surface area contributed by atoms with Crippen LogP contribution >= 0.6 is 12.2 Å². The molecule has 0 radical (unpaired) electrons. The van der Waals surface area contributed by atoms with E-state index in [-0.39, 0.29) is 0 Å². The van der Waals surface area contributed by atoms with E-state index >= 15 is 0 Å². The van der Waals surface area contributed by atoms with Gasteiger partial charge >= 0.3 is 0 Å². The number of nitrogens with zero attached hydrogens (tertiary/aromatic N) is 5. The number of piperidine rings is 2. The first-order valence-corrected chi connectivity index (χ1v) is 11.8. The zero-order valence-corrected chi connectivity index (χ0v) is 19.4. The first kappa shape index (κ1) is 21.7. The molecule has 4 rings (SSSR count). The van der Waals surface area contributed by atoms with Crippen molar-refractivity contribution in [2.75, 3.05) is 41.3 Å². The van der Waals surface area contributed by atoms with E-state index in [0.29, 0.717) is 29.4 Å². The summed E-state index contributed by atoms with van der Waals surface area (Å²) < 4.78 is 0. The molecule has 7 nitrogen and oxygen atoms in total. The molecule has 0 saturated carbocycles.